The minimum atomic E-state index is -0.110. The van der Waals surface area contributed by atoms with E-state index in [0.717, 1.165) is 80.1 Å². The third-order valence-corrected chi connectivity index (χ3v) is 6.73. The van der Waals surface area contributed by atoms with Gasteiger partial charge >= 0.3 is 0 Å². The summed E-state index contributed by atoms with van der Waals surface area (Å²) in [5, 5.41) is 6.28. The zero-order valence-corrected chi connectivity index (χ0v) is 19.5. The molecule has 1 atom stereocenters. The van der Waals surface area contributed by atoms with Crippen molar-refractivity contribution in [2.75, 3.05) is 44.2 Å². The first-order chi connectivity index (χ1) is 16.6. The average molecular weight is 462 g/mol. The van der Waals surface area contributed by atoms with Crippen LogP contribution in [0.15, 0.2) is 41.5 Å². The number of rotatable bonds is 6. The van der Waals surface area contributed by atoms with Gasteiger partial charge in [0.05, 0.1) is 22.9 Å². The first-order valence-electron chi connectivity index (χ1n) is 12.0. The second-order valence-electron chi connectivity index (χ2n) is 9.08. The van der Waals surface area contributed by atoms with Gasteiger partial charge in [-0.2, -0.15) is 0 Å². The number of fused-ring (bicyclic) bond motifs is 1. The quantitative estimate of drug-likeness (QED) is 0.508. The van der Waals surface area contributed by atoms with E-state index >= 15 is 0 Å². The van der Waals surface area contributed by atoms with Gasteiger partial charge in [0, 0.05) is 57.1 Å². The lowest BCUT2D eigenvalue weighted by Crippen LogP contribution is -2.46. The molecule has 0 aromatic carbocycles. The molecule has 3 N–H and O–H groups in total. The second-order valence-corrected chi connectivity index (χ2v) is 9.08. The Morgan fingerprint density at radius 1 is 1.15 bits per heavy atom. The van der Waals surface area contributed by atoms with Gasteiger partial charge in [0.1, 0.15) is 5.69 Å². The summed E-state index contributed by atoms with van der Waals surface area (Å²) in [5.41, 5.74) is 4.94. The molecule has 3 aromatic heterocycles. The Balaban J connectivity index is 1.16. The number of aromatic amines is 1. The summed E-state index contributed by atoms with van der Waals surface area (Å²) in [4.78, 5) is 41.2. The van der Waals surface area contributed by atoms with Crippen LogP contribution in [0.4, 0.5) is 5.69 Å². The summed E-state index contributed by atoms with van der Waals surface area (Å²) in [6, 6.07) is 7.90. The Morgan fingerprint density at radius 3 is 2.71 bits per heavy atom. The van der Waals surface area contributed by atoms with Crippen LogP contribution in [0.1, 0.15) is 35.0 Å². The van der Waals surface area contributed by atoms with Crippen LogP contribution < -0.4 is 21.1 Å². The minimum absolute atomic E-state index is 0.0322. The predicted octanol–water partition coefficient (Wildman–Crippen LogP) is 1.29. The third kappa shape index (κ3) is 4.95. The molecule has 9 nitrogen and oxygen atoms in total. The third-order valence-electron chi connectivity index (χ3n) is 6.73. The lowest BCUT2D eigenvalue weighted by Gasteiger charge is -2.36. The van der Waals surface area contributed by atoms with Crippen LogP contribution in [0, 0.1) is 0 Å². The maximum Gasteiger partial charge on any atom is 0.270 e. The summed E-state index contributed by atoms with van der Waals surface area (Å²) in [6.07, 6.45) is 5.36. The van der Waals surface area contributed by atoms with E-state index in [-0.39, 0.29) is 17.5 Å². The second kappa shape index (κ2) is 9.90. The number of hydrogen-bond donors (Lipinski definition) is 3. The van der Waals surface area contributed by atoms with E-state index in [1.165, 1.54) is 0 Å². The molecule has 0 bridgehead atoms. The van der Waals surface area contributed by atoms with Gasteiger partial charge in [-0.15, -0.1) is 0 Å². The van der Waals surface area contributed by atoms with Gasteiger partial charge in [0.15, 0.2) is 0 Å². The van der Waals surface area contributed by atoms with Crippen molar-refractivity contribution in [1.29, 1.82) is 0 Å². The molecule has 0 radical (unpaired) electrons. The van der Waals surface area contributed by atoms with Crippen LogP contribution in [0.25, 0.3) is 11.0 Å². The number of pyridine rings is 3. The fraction of sp³-hybridized carbons (Fsp3) is 0.440. The number of carbonyl (C=O) groups excluding carboxylic acids is 1. The van der Waals surface area contributed by atoms with Crippen LogP contribution in [-0.4, -0.2) is 71.1 Å². The summed E-state index contributed by atoms with van der Waals surface area (Å²) in [6.45, 7) is 8.14. The Morgan fingerprint density at radius 2 is 2.00 bits per heavy atom. The van der Waals surface area contributed by atoms with Gasteiger partial charge in [-0.05, 0) is 49.2 Å². The van der Waals surface area contributed by atoms with Gasteiger partial charge in [0.2, 0.25) is 0 Å². The molecule has 0 unspecified atom stereocenters. The standard InChI is InChI=1S/C25H31N7O2/c1-2-18-12-22-23(30-24(18)33)11-17(13-27-22)16-31-7-9-32(10-8-31)20-3-4-21(28-15-20)25(34)29-19-5-6-26-14-19/h3-4,11-13,15,19,26H,2,5-10,14,16H2,1H3,(H,29,34)(H,30,33)/t19-/m1/s1. The highest BCUT2D eigenvalue weighted by atomic mass is 16.2. The number of hydrogen-bond acceptors (Lipinski definition) is 7. The molecule has 3 aromatic rings. The van der Waals surface area contributed by atoms with Crippen molar-refractivity contribution in [2.24, 2.45) is 0 Å². The number of nitrogens with zero attached hydrogens (tertiary/aromatic N) is 4. The Labute approximate surface area is 198 Å². The number of amides is 1. The van der Waals surface area contributed by atoms with Crippen molar-refractivity contribution < 1.29 is 4.79 Å². The fourth-order valence-corrected chi connectivity index (χ4v) is 4.68. The van der Waals surface area contributed by atoms with Crippen LogP contribution in [-0.2, 0) is 13.0 Å². The zero-order chi connectivity index (χ0) is 23.5. The first kappa shape index (κ1) is 22.5. The van der Waals surface area contributed by atoms with Crippen molar-refractivity contribution in [2.45, 2.75) is 32.4 Å². The van der Waals surface area contributed by atoms with Crippen LogP contribution in [0.2, 0.25) is 0 Å². The number of piperazine rings is 1. The molecule has 2 aliphatic rings. The van der Waals surface area contributed by atoms with E-state index in [1.807, 2.05) is 37.4 Å². The fourth-order valence-electron chi connectivity index (χ4n) is 4.68. The number of aromatic nitrogens is 3. The molecule has 9 heteroatoms. The SMILES string of the molecule is CCc1cc2ncc(CN3CCN(c4ccc(C(=O)N[C@@H]5CCNC5)nc4)CC3)cc2[nH]c1=O. The topological polar surface area (TPSA) is 106 Å². The van der Waals surface area contributed by atoms with E-state index in [9.17, 15) is 9.59 Å². The van der Waals surface area contributed by atoms with Crippen LogP contribution in [0.5, 0.6) is 0 Å². The van der Waals surface area contributed by atoms with Crippen molar-refractivity contribution in [3.05, 3.63) is 63.8 Å². The molecule has 0 saturated carbocycles. The number of carbonyl (C=O) groups is 1. The maximum atomic E-state index is 12.4. The lowest BCUT2D eigenvalue weighted by atomic mass is 10.1. The van der Waals surface area contributed by atoms with Gasteiger partial charge < -0.3 is 20.5 Å². The average Bonchev–Trinajstić information content (AvgIpc) is 3.37. The smallest absolute Gasteiger partial charge is 0.270 e. The van der Waals surface area contributed by atoms with E-state index in [2.05, 4.69) is 35.4 Å². The molecule has 1 amide bonds. The molecular formula is C25H31N7O2. The van der Waals surface area contributed by atoms with Gasteiger partial charge in [-0.1, -0.05) is 6.92 Å². The van der Waals surface area contributed by atoms with E-state index in [4.69, 9.17) is 0 Å². The van der Waals surface area contributed by atoms with Crippen LogP contribution in [0.3, 0.4) is 0 Å². The molecular weight excluding hydrogens is 430 g/mol. The molecule has 5 heterocycles. The first-order valence-corrected chi connectivity index (χ1v) is 12.0. The van der Waals surface area contributed by atoms with Crippen molar-refractivity contribution in [3.63, 3.8) is 0 Å². The van der Waals surface area contributed by atoms with Crippen molar-refractivity contribution >= 4 is 22.6 Å². The Kier molecular flexibility index (Phi) is 6.55. The van der Waals surface area contributed by atoms with Crippen molar-refractivity contribution in [3.8, 4) is 0 Å². The van der Waals surface area contributed by atoms with Gasteiger partial charge in [-0.3, -0.25) is 19.5 Å². The molecule has 178 valence electrons. The van der Waals surface area contributed by atoms with Crippen molar-refractivity contribution in [1.82, 2.24) is 30.5 Å². The molecule has 2 saturated heterocycles. The largest absolute Gasteiger partial charge is 0.368 e. The Hall–Kier alpha value is -3.30. The highest BCUT2D eigenvalue weighted by Crippen LogP contribution is 2.18. The highest BCUT2D eigenvalue weighted by molar-refractivity contribution is 5.92. The number of H-pyrrole nitrogens is 1. The molecule has 0 aliphatic carbocycles. The normalized spacial score (nSPS) is 19.0. The number of aryl methyl sites for hydroxylation is 1. The molecule has 34 heavy (non-hydrogen) atoms. The number of nitrogens with one attached hydrogen (secondary N) is 3. The number of anilines is 1. The monoisotopic (exact) mass is 461 g/mol. The maximum absolute atomic E-state index is 12.4. The zero-order valence-electron chi connectivity index (χ0n) is 19.5. The highest BCUT2D eigenvalue weighted by Gasteiger charge is 2.20. The summed E-state index contributed by atoms with van der Waals surface area (Å²) >= 11 is 0. The summed E-state index contributed by atoms with van der Waals surface area (Å²) < 4.78 is 0. The van der Waals surface area contributed by atoms with Crippen LogP contribution >= 0.6 is 0 Å². The predicted molar refractivity (Wildman–Crippen MR) is 132 cm³/mol. The van der Waals surface area contributed by atoms with E-state index in [0.29, 0.717) is 12.1 Å². The Bertz CT molecular complexity index is 1210. The van der Waals surface area contributed by atoms with E-state index in [1.54, 1.807) is 6.20 Å². The summed E-state index contributed by atoms with van der Waals surface area (Å²) in [7, 11) is 0. The van der Waals surface area contributed by atoms with Gasteiger partial charge in [-0.25, -0.2) is 4.98 Å². The molecule has 2 aliphatic heterocycles. The van der Waals surface area contributed by atoms with E-state index < -0.39 is 0 Å². The molecule has 2 fully saturated rings. The summed E-state index contributed by atoms with van der Waals surface area (Å²) in [5.74, 6) is -0.110. The lowest BCUT2D eigenvalue weighted by molar-refractivity contribution is 0.0935. The van der Waals surface area contributed by atoms with Gasteiger partial charge in [0.25, 0.3) is 11.5 Å². The minimum Gasteiger partial charge on any atom is -0.368 e. The molecule has 0 spiro atoms. The molecule has 5 rings (SSSR count).